The van der Waals surface area contributed by atoms with Crippen molar-refractivity contribution in [3.8, 4) is 11.4 Å². The Bertz CT molecular complexity index is 742. The van der Waals surface area contributed by atoms with Gasteiger partial charge in [0.2, 0.25) is 0 Å². The van der Waals surface area contributed by atoms with Crippen LogP contribution < -0.4 is 5.32 Å². The number of nitrogens with one attached hydrogen (secondary N) is 1. The summed E-state index contributed by atoms with van der Waals surface area (Å²) in [4.78, 5) is 9.11. The van der Waals surface area contributed by atoms with E-state index in [1.807, 2.05) is 50.4 Å². The third-order valence-electron chi connectivity index (χ3n) is 2.69. The van der Waals surface area contributed by atoms with Crippen molar-refractivity contribution < 1.29 is 0 Å². The van der Waals surface area contributed by atoms with Gasteiger partial charge in [-0.05, 0) is 18.7 Å². The summed E-state index contributed by atoms with van der Waals surface area (Å²) >= 11 is 3.06. The molecule has 0 saturated carbocycles. The van der Waals surface area contributed by atoms with Crippen molar-refractivity contribution in [2.24, 2.45) is 0 Å². The van der Waals surface area contributed by atoms with Crippen LogP contribution in [0.15, 0.2) is 45.8 Å². The highest BCUT2D eigenvalue weighted by Gasteiger charge is 2.09. The fourth-order valence-electron chi connectivity index (χ4n) is 1.73. The zero-order valence-corrected chi connectivity index (χ0v) is 13.2. The quantitative estimate of drug-likeness (QED) is 0.744. The number of hydrogen-bond acceptors (Lipinski definition) is 7. The molecule has 0 bridgehead atoms. The van der Waals surface area contributed by atoms with Crippen LogP contribution >= 0.6 is 23.1 Å². The first-order chi connectivity index (χ1) is 10.2. The van der Waals surface area contributed by atoms with Gasteiger partial charge in [0.15, 0.2) is 10.2 Å². The van der Waals surface area contributed by atoms with Crippen LogP contribution in [0, 0.1) is 6.92 Å². The van der Waals surface area contributed by atoms with Crippen molar-refractivity contribution in [3.63, 3.8) is 0 Å². The lowest BCUT2D eigenvalue weighted by Gasteiger charge is -2.06. The Morgan fingerprint density at radius 1 is 1.10 bits per heavy atom. The molecule has 0 atom stereocenters. The molecule has 1 N–H and O–H groups in total. The molecule has 7 heteroatoms. The van der Waals surface area contributed by atoms with Gasteiger partial charge in [0.05, 0.1) is 0 Å². The number of aryl methyl sites for hydroxylation is 1. The van der Waals surface area contributed by atoms with Gasteiger partial charge in [-0.15, -0.1) is 10.2 Å². The van der Waals surface area contributed by atoms with Gasteiger partial charge in [-0.1, -0.05) is 41.7 Å². The minimum atomic E-state index is 0.700. The predicted molar refractivity (Wildman–Crippen MR) is 85.8 cm³/mol. The molecule has 0 aliphatic rings. The monoisotopic (exact) mass is 315 g/mol. The van der Waals surface area contributed by atoms with Gasteiger partial charge in [-0.2, -0.15) is 0 Å². The molecule has 0 aliphatic carbocycles. The van der Waals surface area contributed by atoms with Gasteiger partial charge in [0, 0.05) is 18.7 Å². The Morgan fingerprint density at radius 3 is 2.57 bits per heavy atom. The average Bonchev–Trinajstić information content (AvgIpc) is 2.93. The molecule has 2 aromatic heterocycles. The van der Waals surface area contributed by atoms with Gasteiger partial charge in [-0.3, -0.25) is 0 Å². The second-order valence-electron chi connectivity index (χ2n) is 4.22. The van der Waals surface area contributed by atoms with Crippen LogP contribution in [0.2, 0.25) is 0 Å². The molecule has 5 nitrogen and oxygen atoms in total. The van der Waals surface area contributed by atoms with Crippen LogP contribution in [0.5, 0.6) is 0 Å². The summed E-state index contributed by atoms with van der Waals surface area (Å²) in [5.74, 6) is 1.48. The summed E-state index contributed by atoms with van der Waals surface area (Å²) in [7, 11) is 1.85. The van der Waals surface area contributed by atoms with E-state index in [9.17, 15) is 0 Å². The topological polar surface area (TPSA) is 63.6 Å². The summed E-state index contributed by atoms with van der Waals surface area (Å²) < 4.78 is 0.882. The van der Waals surface area contributed by atoms with Gasteiger partial charge >= 0.3 is 0 Å². The first kappa shape index (κ1) is 14.0. The Kier molecular flexibility index (Phi) is 4.12. The van der Waals surface area contributed by atoms with E-state index in [-0.39, 0.29) is 0 Å². The summed E-state index contributed by atoms with van der Waals surface area (Å²) in [6, 6.07) is 11.8. The number of nitrogens with zero attached hydrogens (tertiary/aromatic N) is 4. The Hall–Kier alpha value is -1.99. The van der Waals surface area contributed by atoms with Gasteiger partial charge in [-0.25, -0.2) is 9.97 Å². The minimum Gasteiger partial charge on any atom is -0.373 e. The van der Waals surface area contributed by atoms with Gasteiger partial charge < -0.3 is 5.32 Å². The largest absolute Gasteiger partial charge is 0.373 e. The molecule has 3 aromatic rings. The third kappa shape index (κ3) is 3.37. The van der Waals surface area contributed by atoms with Crippen LogP contribution in [0.3, 0.4) is 0 Å². The molecule has 0 fully saturated rings. The van der Waals surface area contributed by atoms with Crippen molar-refractivity contribution in [1.82, 2.24) is 20.2 Å². The molecule has 0 unspecified atom stereocenters. The van der Waals surface area contributed by atoms with Gasteiger partial charge in [0.25, 0.3) is 0 Å². The SMILES string of the molecule is CNc1cc(Sc2nnc(C)s2)nc(-c2ccccc2)n1. The van der Waals surface area contributed by atoms with E-state index in [1.54, 1.807) is 11.3 Å². The molecule has 0 radical (unpaired) electrons. The number of benzene rings is 1. The fraction of sp³-hybridized carbons (Fsp3) is 0.143. The number of anilines is 1. The van der Waals surface area contributed by atoms with E-state index >= 15 is 0 Å². The van der Waals surface area contributed by atoms with Crippen LogP contribution in [0.1, 0.15) is 5.01 Å². The number of rotatable bonds is 4. The van der Waals surface area contributed by atoms with Gasteiger partial charge in [0.1, 0.15) is 15.9 Å². The summed E-state index contributed by atoms with van der Waals surface area (Å²) in [6.07, 6.45) is 0. The van der Waals surface area contributed by atoms with Crippen LogP contribution in [-0.4, -0.2) is 27.2 Å². The second-order valence-corrected chi connectivity index (χ2v) is 6.67. The zero-order chi connectivity index (χ0) is 14.7. The second kappa shape index (κ2) is 6.19. The van der Waals surface area contributed by atoms with Crippen molar-refractivity contribution in [2.75, 3.05) is 12.4 Å². The molecule has 1 aromatic carbocycles. The lowest BCUT2D eigenvalue weighted by molar-refractivity contribution is 0.978. The highest BCUT2D eigenvalue weighted by atomic mass is 32.2. The Morgan fingerprint density at radius 2 is 1.90 bits per heavy atom. The fourth-order valence-corrected chi connectivity index (χ4v) is 3.49. The first-order valence-electron chi connectivity index (χ1n) is 6.35. The first-order valence-corrected chi connectivity index (χ1v) is 7.98. The molecule has 21 heavy (non-hydrogen) atoms. The lowest BCUT2D eigenvalue weighted by atomic mass is 10.2. The molecule has 0 amide bonds. The summed E-state index contributed by atoms with van der Waals surface area (Å²) in [5.41, 5.74) is 0.991. The van der Waals surface area contributed by atoms with Crippen LogP contribution in [0.25, 0.3) is 11.4 Å². The molecule has 0 aliphatic heterocycles. The highest BCUT2D eigenvalue weighted by Crippen LogP contribution is 2.31. The van der Waals surface area contributed by atoms with Crippen molar-refractivity contribution in [3.05, 3.63) is 41.4 Å². The van der Waals surface area contributed by atoms with Crippen LogP contribution in [-0.2, 0) is 0 Å². The van der Waals surface area contributed by atoms with E-state index in [4.69, 9.17) is 0 Å². The highest BCUT2D eigenvalue weighted by molar-refractivity contribution is 8.01. The molecule has 106 valence electrons. The lowest BCUT2D eigenvalue weighted by Crippen LogP contribution is -1.98. The van der Waals surface area contributed by atoms with E-state index in [0.717, 1.165) is 25.8 Å². The standard InChI is InChI=1S/C14H13N5S2/c1-9-18-19-14(20-9)21-12-8-11(15-2)16-13(17-12)10-6-4-3-5-7-10/h3-8H,1-2H3,(H,15,16,17). The number of aromatic nitrogens is 4. The van der Waals surface area contributed by atoms with Crippen LogP contribution in [0.4, 0.5) is 5.82 Å². The molecule has 2 heterocycles. The van der Waals surface area contributed by atoms with Crippen molar-refractivity contribution in [2.45, 2.75) is 16.3 Å². The molecule has 0 spiro atoms. The smallest absolute Gasteiger partial charge is 0.180 e. The maximum absolute atomic E-state index is 4.61. The van der Waals surface area contributed by atoms with E-state index in [2.05, 4.69) is 25.5 Å². The third-order valence-corrected chi connectivity index (χ3v) is 4.50. The Balaban J connectivity index is 1.97. The summed E-state index contributed by atoms with van der Waals surface area (Å²) in [6.45, 7) is 1.94. The van der Waals surface area contributed by atoms with E-state index in [1.165, 1.54) is 11.8 Å². The zero-order valence-electron chi connectivity index (χ0n) is 11.6. The van der Waals surface area contributed by atoms with E-state index < -0.39 is 0 Å². The maximum atomic E-state index is 4.61. The molecular formula is C14H13N5S2. The maximum Gasteiger partial charge on any atom is 0.180 e. The Labute approximate surface area is 130 Å². The number of hydrogen-bond donors (Lipinski definition) is 1. The predicted octanol–water partition coefficient (Wildman–Crippen LogP) is 3.50. The summed E-state index contributed by atoms with van der Waals surface area (Å²) in [5, 5.41) is 13.0. The normalized spacial score (nSPS) is 10.6. The molecule has 3 rings (SSSR count). The minimum absolute atomic E-state index is 0.700. The van der Waals surface area contributed by atoms with Crippen molar-refractivity contribution in [1.29, 1.82) is 0 Å². The van der Waals surface area contributed by atoms with E-state index in [0.29, 0.717) is 5.82 Å². The van der Waals surface area contributed by atoms with Crippen molar-refractivity contribution >= 4 is 28.9 Å². The molecular weight excluding hydrogens is 302 g/mol. The average molecular weight is 315 g/mol. The molecule has 0 saturated heterocycles.